The average molecular weight is 387 g/mol. The summed E-state index contributed by atoms with van der Waals surface area (Å²) in [7, 11) is 0. The van der Waals surface area contributed by atoms with Crippen LogP contribution in [0.15, 0.2) is 36.7 Å². The van der Waals surface area contributed by atoms with Gasteiger partial charge in [-0.1, -0.05) is 0 Å². The first-order valence-corrected chi connectivity index (χ1v) is 9.08. The fourth-order valence-corrected chi connectivity index (χ4v) is 3.34. The van der Waals surface area contributed by atoms with Crippen molar-refractivity contribution in [2.24, 2.45) is 0 Å². The summed E-state index contributed by atoms with van der Waals surface area (Å²) >= 11 is 0. The Morgan fingerprint density at radius 2 is 1.93 bits per heavy atom. The van der Waals surface area contributed by atoms with Crippen molar-refractivity contribution in [3.63, 3.8) is 0 Å². The molecule has 0 saturated heterocycles. The van der Waals surface area contributed by atoms with Gasteiger partial charge >= 0.3 is 0 Å². The largest absolute Gasteiger partial charge is 0.487 e. The second-order valence-electron chi connectivity index (χ2n) is 7.35. The van der Waals surface area contributed by atoms with E-state index >= 15 is 0 Å². The number of hydrogen-bond donors (Lipinski definition) is 1. The molecule has 2 heterocycles. The Morgan fingerprint density at radius 3 is 2.61 bits per heavy atom. The van der Waals surface area contributed by atoms with Gasteiger partial charge in [-0.2, -0.15) is 0 Å². The number of nitrogens with one attached hydrogen (secondary N) is 1. The number of alkyl halides is 2. The lowest BCUT2D eigenvalue weighted by molar-refractivity contribution is -0.0883. The van der Waals surface area contributed by atoms with E-state index in [0.717, 1.165) is 22.4 Å². The van der Waals surface area contributed by atoms with E-state index in [0.29, 0.717) is 11.6 Å². The molecular weight excluding hydrogens is 367 g/mol. The number of aromatic amines is 1. The van der Waals surface area contributed by atoms with Crippen LogP contribution in [0, 0.1) is 19.7 Å². The van der Waals surface area contributed by atoms with Gasteiger partial charge in [0.15, 0.2) is 0 Å². The average Bonchev–Trinajstić information content (AvgIpc) is 3.09. The van der Waals surface area contributed by atoms with E-state index in [-0.39, 0.29) is 36.9 Å². The monoisotopic (exact) mass is 387 g/mol. The number of halogens is 3. The molecule has 4 nitrogen and oxygen atoms in total. The van der Waals surface area contributed by atoms with Gasteiger partial charge < -0.3 is 9.72 Å². The fraction of sp³-hybridized carbons (Fsp3) is 0.333. The molecule has 2 aromatic heterocycles. The fourth-order valence-electron chi connectivity index (χ4n) is 3.34. The maximum Gasteiger partial charge on any atom is 0.249 e. The molecule has 0 unspecified atom stereocenters. The molecule has 0 aliphatic heterocycles. The van der Waals surface area contributed by atoms with Crippen molar-refractivity contribution in [3.8, 4) is 17.0 Å². The second-order valence-corrected chi connectivity index (χ2v) is 7.35. The lowest BCUT2D eigenvalue weighted by atomic mass is 9.81. The Balaban J connectivity index is 1.45. The molecule has 1 fully saturated rings. The van der Waals surface area contributed by atoms with Crippen LogP contribution >= 0.6 is 0 Å². The van der Waals surface area contributed by atoms with Gasteiger partial charge in [0.25, 0.3) is 0 Å². The van der Waals surface area contributed by atoms with E-state index in [2.05, 4.69) is 15.0 Å². The molecule has 3 aromatic rings. The molecule has 1 N–H and O–H groups in total. The van der Waals surface area contributed by atoms with Crippen molar-refractivity contribution in [2.45, 2.75) is 45.1 Å². The predicted molar refractivity (Wildman–Crippen MR) is 98.9 cm³/mol. The lowest BCUT2D eigenvalue weighted by Gasteiger charge is -2.33. The van der Waals surface area contributed by atoms with Crippen LogP contribution in [0.2, 0.25) is 0 Å². The van der Waals surface area contributed by atoms with Crippen molar-refractivity contribution in [1.29, 1.82) is 0 Å². The lowest BCUT2D eigenvalue weighted by Crippen LogP contribution is -2.34. The van der Waals surface area contributed by atoms with Crippen LogP contribution in [0.4, 0.5) is 13.2 Å². The zero-order valence-electron chi connectivity index (χ0n) is 15.6. The molecule has 0 radical (unpaired) electrons. The number of pyridine rings is 1. The Bertz CT molecular complexity index is 1010. The van der Waals surface area contributed by atoms with E-state index in [9.17, 15) is 13.2 Å². The number of benzene rings is 1. The number of hydrogen-bond acceptors (Lipinski definition) is 3. The maximum absolute atomic E-state index is 13.9. The molecule has 0 atom stereocenters. The van der Waals surface area contributed by atoms with E-state index in [1.165, 1.54) is 6.07 Å². The van der Waals surface area contributed by atoms with Crippen LogP contribution < -0.4 is 4.74 Å². The van der Waals surface area contributed by atoms with Gasteiger partial charge in [0.05, 0.1) is 11.9 Å². The van der Waals surface area contributed by atoms with E-state index in [4.69, 9.17) is 4.74 Å². The summed E-state index contributed by atoms with van der Waals surface area (Å²) in [5, 5.41) is 0. The predicted octanol–water partition coefficient (Wildman–Crippen LogP) is 5.32. The van der Waals surface area contributed by atoms with Crippen LogP contribution in [0.25, 0.3) is 11.3 Å². The Morgan fingerprint density at radius 1 is 1.14 bits per heavy atom. The molecule has 1 aliphatic rings. The van der Waals surface area contributed by atoms with Crippen molar-refractivity contribution in [1.82, 2.24) is 15.0 Å². The number of H-pyrrole nitrogens is 1. The third kappa shape index (κ3) is 3.74. The van der Waals surface area contributed by atoms with Crippen molar-refractivity contribution in [2.75, 3.05) is 0 Å². The summed E-state index contributed by atoms with van der Waals surface area (Å²) in [5.41, 5.74) is 3.53. The molecule has 4 rings (SSSR count). The van der Waals surface area contributed by atoms with Crippen LogP contribution in [-0.2, 0) is 6.61 Å². The van der Waals surface area contributed by atoms with E-state index in [1.54, 1.807) is 25.4 Å². The smallest absolute Gasteiger partial charge is 0.249 e. The highest BCUT2D eigenvalue weighted by Gasteiger charge is 2.47. The molecule has 1 saturated carbocycles. The molecule has 1 aromatic carbocycles. The molecule has 0 amide bonds. The third-order valence-corrected chi connectivity index (χ3v) is 4.98. The zero-order chi connectivity index (χ0) is 19.9. The second kappa shape index (κ2) is 6.96. The quantitative estimate of drug-likeness (QED) is 0.645. The van der Waals surface area contributed by atoms with Gasteiger partial charge in [0, 0.05) is 30.5 Å². The van der Waals surface area contributed by atoms with Crippen LogP contribution in [0.1, 0.15) is 41.4 Å². The zero-order valence-corrected chi connectivity index (χ0v) is 15.6. The van der Waals surface area contributed by atoms with Crippen LogP contribution in [0.5, 0.6) is 5.75 Å². The summed E-state index contributed by atoms with van der Waals surface area (Å²) in [5.74, 6) is -1.95. The molecule has 7 heteroatoms. The third-order valence-electron chi connectivity index (χ3n) is 4.98. The van der Waals surface area contributed by atoms with Gasteiger partial charge in [0.2, 0.25) is 5.92 Å². The summed E-state index contributed by atoms with van der Waals surface area (Å²) < 4.78 is 45.7. The normalized spacial score (nSPS) is 16.0. The van der Waals surface area contributed by atoms with Crippen molar-refractivity contribution < 1.29 is 17.9 Å². The van der Waals surface area contributed by atoms with Crippen LogP contribution in [-0.4, -0.2) is 20.9 Å². The highest BCUT2D eigenvalue weighted by atomic mass is 19.3. The summed E-state index contributed by atoms with van der Waals surface area (Å²) in [6.07, 6.45) is 2.95. The molecular formula is C21H20F3N3O. The van der Waals surface area contributed by atoms with Crippen molar-refractivity contribution >= 4 is 0 Å². The first-order chi connectivity index (χ1) is 13.3. The number of rotatable bonds is 5. The topological polar surface area (TPSA) is 50.8 Å². The standard InChI is InChI=1S/C21H20F3N3O/c1-12-5-16(22)18(25-9-12)11-28-19-4-3-14(6-13(19)2)17-10-26-20(27-17)15-7-21(23,24)8-15/h3-6,9-10,15H,7-8,11H2,1-2H3,(H,26,27). The first-order valence-electron chi connectivity index (χ1n) is 9.08. The number of aryl methyl sites for hydroxylation is 2. The highest BCUT2D eigenvalue weighted by Crippen LogP contribution is 2.47. The number of aromatic nitrogens is 3. The number of nitrogens with zero attached hydrogens (tertiary/aromatic N) is 2. The number of ether oxygens (including phenoxy) is 1. The van der Waals surface area contributed by atoms with Crippen molar-refractivity contribution in [3.05, 3.63) is 65.1 Å². The molecule has 1 aliphatic carbocycles. The van der Waals surface area contributed by atoms with Gasteiger partial charge in [-0.3, -0.25) is 4.98 Å². The van der Waals surface area contributed by atoms with Crippen LogP contribution in [0.3, 0.4) is 0 Å². The summed E-state index contributed by atoms with van der Waals surface area (Å²) in [6, 6.07) is 7.00. The Hall–Kier alpha value is -2.83. The molecule has 0 bridgehead atoms. The van der Waals surface area contributed by atoms with E-state index < -0.39 is 5.92 Å². The minimum atomic E-state index is -2.57. The number of imidazole rings is 1. The van der Waals surface area contributed by atoms with Gasteiger partial charge in [-0.15, -0.1) is 0 Å². The highest BCUT2D eigenvalue weighted by molar-refractivity contribution is 5.61. The summed E-state index contributed by atoms with van der Waals surface area (Å²) in [6.45, 7) is 3.71. The minimum absolute atomic E-state index is 0.0381. The molecule has 28 heavy (non-hydrogen) atoms. The van der Waals surface area contributed by atoms with Gasteiger partial charge in [-0.25, -0.2) is 18.2 Å². The van der Waals surface area contributed by atoms with E-state index in [1.807, 2.05) is 19.1 Å². The van der Waals surface area contributed by atoms with Gasteiger partial charge in [-0.05, 0) is 49.2 Å². The maximum atomic E-state index is 13.9. The minimum Gasteiger partial charge on any atom is -0.487 e. The SMILES string of the molecule is Cc1cnc(COc2ccc(-c3cnc(C4CC(F)(F)C4)[nH]3)cc2C)c(F)c1. The Labute approximate surface area is 160 Å². The van der Waals surface area contributed by atoms with Gasteiger partial charge in [0.1, 0.15) is 29.7 Å². The first kappa shape index (κ1) is 18.5. The molecule has 146 valence electrons. The molecule has 0 spiro atoms. The Kier molecular flexibility index (Phi) is 4.61. The summed E-state index contributed by atoms with van der Waals surface area (Å²) in [4.78, 5) is 11.5.